The van der Waals surface area contributed by atoms with Crippen LogP contribution in [-0.4, -0.2) is 15.7 Å². The maximum atomic E-state index is 12.0. The molecular weight excluding hydrogens is 264 g/mol. The van der Waals surface area contributed by atoms with E-state index in [2.05, 4.69) is 10.4 Å². The Morgan fingerprint density at radius 1 is 1.29 bits per heavy atom. The summed E-state index contributed by atoms with van der Waals surface area (Å²) in [5.41, 5.74) is 10.3. The molecule has 0 radical (unpaired) electrons. The molecule has 0 bridgehead atoms. The van der Waals surface area contributed by atoms with Gasteiger partial charge in [0, 0.05) is 30.0 Å². The number of anilines is 2. The number of carbonyl (C=O) groups excluding carboxylic acids is 1. The quantitative estimate of drug-likeness (QED) is 0.830. The number of aromatic nitrogens is 2. The third-order valence-corrected chi connectivity index (χ3v) is 3.40. The van der Waals surface area contributed by atoms with Crippen LogP contribution in [0.1, 0.15) is 29.8 Å². The van der Waals surface area contributed by atoms with Crippen molar-refractivity contribution in [3.8, 4) is 0 Å². The molecule has 2 rings (SSSR count). The molecule has 0 spiro atoms. The standard InChI is InChI=1S/C16H22N4O/c1-11-9-14(17)6-7-15(11)18-16(21)5-4-8-20-13(3)10-12(2)19-20/h6-7,9-10H,4-5,8,17H2,1-3H3,(H,18,21). The minimum Gasteiger partial charge on any atom is -0.399 e. The highest BCUT2D eigenvalue weighted by atomic mass is 16.1. The van der Waals surface area contributed by atoms with E-state index in [1.54, 1.807) is 6.07 Å². The molecule has 5 heteroatoms. The van der Waals surface area contributed by atoms with Crippen molar-refractivity contribution >= 4 is 17.3 Å². The molecule has 0 unspecified atom stereocenters. The van der Waals surface area contributed by atoms with Gasteiger partial charge in [-0.15, -0.1) is 0 Å². The zero-order chi connectivity index (χ0) is 15.4. The third-order valence-electron chi connectivity index (χ3n) is 3.40. The number of benzene rings is 1. The van der Waals surface area contributed by atoms with Crippen molar-refractivity contribution in [1.82, 2.24) is 9.78 Å². The summed E-state index contributed by atoms with van der Waals surface area (Å²) < 4.78 is 1.94. The van der Waals surface area contributed by atoms with Crippen LogP contribution >= 0.6 is 0 Å². The van der Waals surface area contributed by atoms with E-state index in [4.69, 9.17) is 5.73 Å². The van der Waals surface area contributed by atoms with E-state index in [0.717, 1.165) is 35.6 Å². The molecule has 1 aromatic carbocycles. The Morgan fingerprint density at radius 2 is 2.05 bits per heavy atom. The molecule has 1 heterocycles. The highest BCUT2D eigenvalue weighted by Crippen LogP contribution is 2.18. The second-order valence-electron chi connectivity index (χ2n) is 5.38. The minimum absolute atomic E-state index is 0.0180. The summed E-state index contributed by atoms with van der Waals surface area (Å²) in [6.07, 6.45) is 1.24. The molecular formula is C16H22N4O. The van der Waals surface area contributed by atoms with Gasteiger partial charge in [0.1, 0.15) is 0 Å². The summed E-state index contributed by atoms with van der Waals surface area (Å²) in [5, 5.41) is 7.31. The fraction of sp³-hybridized carbons (Fsp3) is 0.375. The molecule has 1 amide bonds. The average Bonchev–Trinajstić information content (AvgIpc) is 2.71. The predicted octanol–water partition coefficient (Wildman–Crippen LogP) is 2.81. The van der Waals surface area contributed by atoms with Gasteiger partial charge in [-0.1, -0.05) is 0 Å². The largest absolute Gasteiger partial charge is 0.399 e. The Hall–Kier alpha value is -2.30. The zero-order valence-electron chi connectivity index (χ0n) is 12.8. The van der Waals surface area contributed by atoms with Gasteiger partial charge in [0.05, 0.1) is 5.69 Å². The lowest BCUT2D eigenvalue weighted by Crippen LogP contribution is -2.14. The first-order valence-electron chi connectivity index (χ1n) is 7.13. The SMILES string of the molecule is Cc1cc(C)n(CCCC(=O)Nc2ccc(N)cc2C)n1. The van der Waals surface area contributed by atoms with E-state index in [1.807, 2.05) is 43.7 Å². The van der Waals surface area contributed by atoms with E-state index >= 15 is 0 Å². The zero-order valence-corrected chi connectivity index (χ0v) is 12.8. The molecule has 2 aromatic rings. The van der Waals surface area contributed by atoms with Gasteiger partial charge in [0.2, 0.25) is 5.91 Å². The first-order chi connectivity index (χ1) is 9.95. The van der Waals surface area contributed by atoms with Crippen molar-refractivity contribution < 1.29 is 4.79 Å². The van der Waals surface area contributed by atoms with E-state index in [9.17, 15) is 4.79 Å². The van der Waals surface area contributed by atoms with Gasteiger partial charge in [-0.05, 0) is 57.0 Å². The summed E-state index contributed by atoms with van der Waals surface area (Å²) in [5.74, 6) is 0.0180. The van der Waals surface area contributed by atoms with Crippen LogP contribution in [0.2, 0.25) is 0 Å². The van der Waals surface area contributed by atoms with Crippen LogP contribution in [0.5, 0.6) is 0 Å². The molecule has 0 fully saturated rings. The molecule has 0 saturated heterocycles. The number of rotatable bonds is 5. The molecule has 0 aliphatic rings. The van der Waals surface area contributed by atoms with Gasteiger partial charge in [-0.25, -0.2) is 0 Å². The van der Waals surface area contributed by atoms with Crippen molar-refractivity contribution in [3.63, 3.8) is 0 Å². The normalized spacial score (nSPS) is 10.6. The molecule has 21 heavy (non-hydrogen) atoms. The van der Waals surface area contributed by atoms with Crippen molar-refractivity contribution in [1.29, 1.82) is 0 Å². The number of aryl methyl sites for hydroxylation is 4. The highest BCUT2D eigenvalue weighted by Gasteiger charge is 2.06. The Morgan fingerprint density at radius 3 is 2.67 bits per heavy atom. The monoisotopic (exact) mass is 286 g/mol. The number of carbonyl (C=O) groups is 1. The van der Waals surface area contributed by atoms with Crippen molar-refractivity contribution in [2.45, 2.75) is 40.2 Å². The van der Waals surface area contributed by atoms with Gasteiger partial charge in [-0.3, -0.25) is 9.48 Å². The van der Waals surface area contributed by atoms with Gasteiger partial charge < -0.3 is 11.1 Å². The molecule has 3 N–H and O–H groups in total. The summed E-state index contributed by atoms with van der Waals surface area (Å²) in [4.78, 5) is 12.0. The Labute approximate surface area is 125 Å². The number of amides is 1. The minimum atomic E-state index is 0.0180. The fourth-order valence-electron chi connectivity index (χ4n) is 2.33. The molecule has 0 aliphatic carbocycles. The van der Waals surface area contributed by atoms with Crippen LogP contribution in [0.3, 0.4) is 0 Å². The van der Waals surface area contributed by atoms with Gasteiger partial charge >= 0.3 is 0 Å². The lowest BCUT2D eigenvalue weighted by Gasteiger charge is -2.09. The number of nitrogens with zero attached hydrogens (tertiary/aromatic N) is 2. The maximum absolute atomic E-state index is 12.0. The first kappa shape index (κ1) is 15.1. The van der Waals surface area contributed by atoms with Crippen LogP contribution in [0.25, 0.3) is 0 Å². The highest BCUT2D eigenvalue weighted by molar-refractivity contribution is 5.91. The average molecular weight is 286 g/mol. The second-order valence-corrected chi connectivity index (χ2v) is 5.38. The first-order valence-corrected chi connectivity index (χ1v) is 7.13. The van der Waals surface area contributed by atoms with Crippen molar-refractivity contribution in [3.05, 3.63) is 41.2 Å². The van der Waals surface area contributed by atoms with E-state index < -0.39 is 0 Å². The molecule has 5 nitrogen and oxygen atoms in total. The van der Waals surface area contributed by atoms with E-state index in [-0.39, 0.29) is 5.91 Å². The smallest absolute Gasteiger partial charge is 0.224 e. The second kappa shape index (κ2) is 6.43. The van der Waals surface area contributed by atoms with Crippen LogP contribution in [-0.2, 0) is 11.3 Å². The van der Waals surface area contributed by atoms with Crippen LogP contribution in [0.15, 0.2) is 24.3 Å². The maximum Gasteiger partial charge on any atom is 0.224 e. The number of hydrogen-bond donors (Lipinski definition) is 2. The third kappa shape index (κ3) is 4.08. The molecule has 1 aromatic heterocycles. The van der Waals surface area contributed by atoms with Crippen molar-refractivity contribution in [2.24, 2.45) is 0 Å². The Balaban J connectivity index is 1.83. The summed E-state index contributed by atoms with van der Waals surface area (Å²) in [7, 11) is 0. The fourth-order valence-corrected chi connectivity index (χ4v) is 2.33. The molecule has 112 valence electrons. The molecule has 0 saturated carbocycles. The number of hydrogen-bond acceptors (Lipinski definition) is 3. The van der Waals surface area contributed by atoms with E-state index in [0.29, 0.717) is 12.1 Å². The van der Waals surface area contributed by atoms with E-state index in [1.165, 1.54) is 0 Å². The summed E-state index contributed by atoms with van der Waals surface area (Å²) in [6, 6.07) is 7.52. The summed E-state index contributed by atoms with van der Waals surface area (Å²) in [6.45, 7) is 6.69. The predicted molar refractivity (Wildman–Crippen MR) is 85.2 cm³/mol. The van der Waals surface area contributed by atoms with Gasteiger partial charge in [0.25, 0.3) is 0 Å². The van der Waals surface area contributed by atoms with Crippen LogP contribution < -0.4 is 11.1 Å². The number of nitrogens with one attached hydrogen (secondary N) is 1. The number of nitrogen functional groups attached to an aromatic ring is 1. The Bertz CT molecular complexity index is 646. The lowest BCUT2D eigenvalue weighted by molar-refractivity contribution is -0.116. The summed E-state index contributed by atoms with van der Waals surface area (Å²) >= 11 is 0. The van der Waals surface area contributed by atoms with Crippen LogP contribution in [0, 0.1) is 20.8 Å². The molecule has 0 atom stereocenters. The van der Waals surface area contributed by atoms with Crippen LogP contribution in [0.4, 0.5) is 11.4 Å². The van der Waals surface area contributed by atoms with Gasteiger partial charge in [-0.2, -0.15) is 5.10 Å². The van der Waals surface area contributed by atoms with Crippen molar-refractivity contribution in [2.75, 3.05) is 11.1 Å². The number of nitrogens with two attached hydrogens (primary N) is 1. The molecule has 0 aliphatic heterocycles. The lowest BCUT2D eigenvalue weighted by atomic mass is 10.1. The topological polar surface area (TPSA) is 72.9 Å². The Kier molecular flexibility index (Phi) is 4.62. The van der Waals surface area contributed by atoms with Gasteiger partial charge in [0.15, 0.2) is 0 Å².